The number of nitriles is 1. The van der Waals surface area contributed by atoms with Crippen LogP contribution in [0.15, 0.2) is 231 Å². The van der Waals surface area contributed by atoms with E-state index < -0.39 is 0 Å². The third kappa shape index (κ3) is 6.41. The van der Waals surface area contributed by atoms with Crippen LogP contribution in [-0.2, 0) is 0 Å². The minimum atomic E-state index is 0.544. The van der Waals surface area contributed by atoms with Crippen molar-refractivity contribution in [2.45, 2.75) is 0 Å². The van der Waals surface area contributed by atoms with Crippen molar-refractivity contribution in [2.24, 2.45) is 0 Å². The maximum absolute atomic E-state index is 10.4. The van der Waals surface area contributed by atoms with Crippen LogP contribution in [0.1, 0.15) is 5.56 Å². The molecule has 0 N–H and O–H groups in total. The summed E-state index contributed by atoms with van der Waals surface area (Å²) in [5, 5.41) is 17.7. The average Bonchev–Trinajstić information content (AvgIpc) is 3.75. The standard InChI is InChI=1S/C64H38N4/c65-39-40-29-34-54(48-20-7-11-24-52(48)60-38-44-17-4-5-18-45(44)47-19-6-10-23-51(47)60)59(37-40)53-25-12-13-26-58(53)64-67-62(42-15-2-1-3-16-42)66-63(68-64)43-32-30-41(31-33-43)46-35-36-57-50-22-9-8-21-49(50)56-28-14-27-55(46)61(56)57/h1-38H. The molecule has 0 atom stereocenters. The highest BCUT2D eigenvalue weighted by molar-refractivity contribution is 6.19. The van der Waals surface area contributed by atoms with Gasteiger partial charge in [0.2, 0.25) is 0 Å². The van der Waals surface area contributed by atoms with Crippen LogP contribution in [0.25, 0.3) is 133 Å². The molecule has 0 amide bonds. The van der Waals surface area contributed by atoms with E-state index in [9.17, 15) is 5.26 Å². The van der Waals surface area contributed by atoms with Gasteiger partial charge in [-0.3, -0.25) is 0 Å². The summed E-state index contributed by atoms with van der Waals surface area (Å²) in [6.45, 7) is 0. The molecule has 11 aromatic carbocycles. The molecule has 4 heteroatoms. The molecule has 0 unspecified atom stereocenters. The third-order valence-electron chi connectivity index (χ3n) is 13.6. The van der Waals surface area contributed by atoms with E-state index >= 15 is 0 Å². The lowest BCUT2D eigenvalue weighted by atomic mass is 9.85. The molecule has 1 aliphatic rings. The van der Waals surface area contributed by atoms with Crippen LogP contribution in [0.4, 0.5) is 0 Å². The van der Waals surface area contributed by atoms with Gasteiger partial charge in [0, 0.05) is 16.7 Å². The molecule has 13 rings (SSSR count). The van der Waals surface area contributed by atoms with Crippen LogP contribution in [0, 0.1) is 11.3 Å². The Kier molecular flexibility index (Phi) is 9.20. The molecule has 0 bridgehead atoms. The van der Waals surface area contributed by atoms with Gasteiger partial charge in [0.05, 0.1) is 11.6 Å². The monoisotopic (exact) mass is 862 g/mol. The molecule has 0 saturated carbocycles. The van der Waals surface area contributed by atoms with Gasteiger partial charge in [0.1, 0.15) is 0 Å². The molecule has 0 fully saturated rings. The zero-order valence-corrected chi connectivity index (χ0v) is 36.7. The molecular weight excluding hydrogens is 825 g/mol. The molecule has 12 aromatic rings. The Hall–Kier alpha value is -9.30. The quantitative estimate of drug-likeness (QED) is 0.150. The van der Waals surface area contributed by atoms with Crippen LogP contribution in [-0.4, -0.2) is 15.0 Å². The van der Waals surface area contributed by atoms with Crippen molar-refractivity contribution in [1.29, 1.82) is 5.26 Å². The summed E-state index contributed by atoms with van der Waals surface area (Å²) in [5.74, 6) is 1.70. The van der Waals surface area contributed by atoms with Gasteiger partial charge < -0.3 is 0 Å². The van der Waals surface area contributed by atoms with Gasteiger partial charge in [-0.15, -0.1) is 0 Å². The molecule has 0 spiro atoms. The second kappa shape index (κ2) is 16.0. The summed E-state index contributed by atoms with van der Waals surface area (Å²) in [6.07, 6.45) is 0. The molecule has 68 heavy (non-hydrogen) atoms. The molecule has 0 radical (unpaired) electrons. The van der Waals surface area contributed by atoms with Gasteiger partial charge in [-0.05, 0) is 117 Å². The Labute approximate surface area is 393 Å². The van der Waals surface area contributed by atoms with Crippen LogP contribution in [0.3, 0.4) is 0 Å². The number of aromatic nitrogens is 3. The molecule has 314 valence electrons. The molecular formula is C64H38N4. The fourth-order valence-electron chi connectivity index (χ4n) is 10.4. The Bertz CT molecular complexity index is 4000. The fraction of sp³-hybridized carbons (Fsp3) is 0. The fourth-order valence-corrected chi connectivity index (χ4v) is 10.4. The van der Waals surface area contributed by atoms with E-state index in [1.54, 1.807) is 0 Å². The predicted octanol–water partition coefficient (Wildman–Crippen LogP) is 16.5. The first-order valence-corrected chi connectivity index (χ1v) is 22.9. The predicted molar refractivity (Wildman–Crippen MR) is 280 cm³/mol. The van der Waals surface area contributed by atoms with Crippen molar-refractivity contribution in [2.75, 3.05) is 0 Å². The van der Waals surface area contributed by atoms with E-state index in [0.717, 1.165) is 55.6 Å². The highest BCUT2D eigenvalue weighted by Crippen LogP contribution is 2.50. The van der Waals surface area contributed by atoms with Gasteiger partial charge in [0.25, 0.3) is 0 Å². The van der Waals surface area contributed by atoms with Crippen LogP contribution >= 0.6 is 0 Å². The van der Waals surface area contributed by atoms with Crippen molar-refractivity contribution in [3.05, 3.63) is 236 Å². The first-order chi connectivity index (χ1) is 33.7. The Morgan fingerprint density at radius 1 is 0.265 bits per heavy atom. The van der Waals surface area contributed by atoms with Crippen LogP contribution in [0.5, 0.6) is 0 Å². The topological polar surface area (TPSA) is 62.5 Å². The van der Waals surface area contributed by atoms with Gasteiger partial charge in [-0.1, -0.05) is 212 Å². The first kappa shape index (κ1) is 39.1. The zero-order chi connectivity index (χ0) is 45.1. The van der Waals surface area contributed by atoms with Crippen LogP contribution < -0.4 is 0 Å². The summed E-state index contributed by atoms with van der Waals surface area (Å²) in [4.78, 5) is 15.6. The number of rotatable bonds is 7. The van der Waals surface area contributed by atoms with Gasteiger partial charge >= 0.3 is 0 Å². The Balaban J connectivity index is 0.954. The van der Waals surface area contributed by atoms with E-state index in [0.29, 0.717) is 23.0 Å². The average molecular weight is 863 g/mol. The smallest absolute Gasteiger partial charge is 0.164 e. The van der Waals surface area contributed by atoms with Crippen molar-refractivity contribution >= 4 is 32.3 Å². The minimum Gasteiger partial charge on any atom is -0.208 e. The van der Waals surface area contributed by atoms with Crippen molar-refractivity contribution in [1.82, 2.24) is 15.0 Å². The Morgan fingerprint density at radius 3 is 1.43 bits per heavy atom. The van der Waals surface area contributed by atoms with E-state index in [-0.39, 0.29) is 0 Å². The minimum absolute atomic E-state index is 0.544. The Morgan fingerprint density at radius 2 is 0.721 bits per heavy atom. The van der Waals surface area contributed by atoms with E-state index in [1.807, 2.05) is 54.6 Å². The first-order valence-electron chi connectivity index (χ1n) is 22.9. The lowest BCUT2D eigenvalue weighted by molar-refractivity contribution is 1.07. The number of nitrogens with zero attached hydrogens (tertiary/aromatic N) is 4. The van der Waals surface area contributed by atoms with E-state index in [1.165, 1.54) is 60.1 Å². The third-order valence-corrected chi connectivity index (χ3v) is 13.6. The number of fused-ring (bicyclic) bond motifs is 6. The second-order valence-electron chi connectivity index (χ2n) is 17.3. The van der Waals surface area contributed by atoms with Crippen molar-refractivity contribution < 1.29 is 0 Å². The maximum Gasteiger partial charge on any atom is 0.164 e. The SMILES string of the molecule is N#Cc1ccc(-c2ccccc2-c2cc3ccccc3c3ccccc23)c(-c2ccccc2-c2nc(-c3ccccc3)nc(-c3ccc(-c4ccc5c6c(cccc46)-c4ccccc4-5)cc3)n2)c1. The molecule has 4 nitrogen and oxygen atoms in total. The normalized spacial score (nSPS) is 11.5. The van der Waals surface area contributed by atoms with Crippen molar-refractivity contribution in [3.63, 3.8) is 0 Å². The highest BCUT2D eigenvalue weighted by Gasteiger charge is 2.24. The van der Waals surface area contributed by atoms with Crippen LogP contribution in [0.2, 0.25) is 0 Å². The molecule has 1 aliphatic carbocycles. The van der Waals surface area contributed by atoms with Gasteiger partial charge in [0.15, 0.2) is 17.5 Å². The van der Waals surface area contributed by atoms with Crippen molar-refractivity contribution in [3.8, 4) is 107 Å². The highest BCUT2D eigenvalue weighted by atomic mass is 15.0. The number of hydrogen-bond donors (Lipinski definition) is 0. The summed E-state index contributed by atoms with van der Waals surface area (Å²) in [5.41, 5.74) is 16.8. The number of benzene rings is 11. The zero-order valence-electron chi connectivity index (χ0n) is 36.7. The molecule has 0 aliphatic heterocycles. The molecule has 1 heterocycles. The summed E-state index contributed by atoms with van der Waals surface area (Å²) in [6, 6.07) is 83.4. The lowest BCUT2D eigenvalue weighted by Gasteiger charge is -2.19. The lowest BCUT2D eigenvalue weighted by Crippen LogP contribution is -2.01. The summed E-state index contributed by atoms with van der Waals surface area (Å²) in [7, 11) is 0. The van der Waals surface area contributed by atoms with Gasteiger partial charge in [-0.25, -0.2) is 15.0 Å². The summed E-state index contributed by atoms with van der Waals surface area (Å²) < 4.78 is 0. The van der Waals surface area contributed by atoms with Gasteiger partial charge in [-0.2, -0.15) is 5.26 Å². The maximum atomic E-state index is 10.4. The largest absolute Gasteiger partial charge is 0.208 e. The van der Waals surface area contributed by atoms with E-state index in [2.05, 4.69) is 182 Å². The molecule has 0 saturated heterocycles. The number of hydrogen-bond acceptors (Lipinski definition) is 4. The second-order valence-corrected chi connectivity index (χ2v) is 17.3. The summed E-state index contributed by atoms with van der Waals surface area (Å²) >= 11 is 0. The molecule has 1 aromatic heterocycles. The van der Waals surface area contributed by atoms with E-state index in [4.69, 9.17) is 15.0 Å².